The van der Waals surface area contributed by atoms with Gasteiger partial charge < -0.3 is 10.2 Å². The zero-order valence-corrected chi connectivity index (χ0v) is 12.7. The SMILES string of the molecule is CCNc1ncnc(SCCN(CC)CC)c1C. The first-order chi connectivity index (χ1) is 8.72. The summed E-state index contributed by atoms with van der Waals surface area (Å²) in [5, 5.41) is 4.35. The second-order valence-corrected chi connectivity index (χ2v) is 5.14. The van der Waals surface area contributed by atoms with Crippen molar-refractivity contribution in [1.29, 1.82) is 0 Å². The Bertz CT molecular complexity index is 353. The standard InChI is InChI=1S/C13H24N4S/c1-5-14-12-11(4)13(16-10-15-12)18-9-8-17(6-2)7-3/h10H,5-9H2,1-4H3,(H,14,15,16). The molecule has 18 heavy (non-hydrogen) atoms. The molecule has 0 aliphatic carbocycles. The van der Waals surface area contributed by atoms with Gasteiger partial charge in [0.15, 0.2) is 0 Å². The summed E-state index contributed by atoms with van der Waals surface area (Å²) in [6.45, 7) is 12.8. The first-order valence-electron chi connectivity index (χ1n) is 6.63. The van der Waals surface area contributed by atoms with Gasteiger partial charge in [0.05, 0.1) is 0 Å². The van der Waals surface area contributed by atoms with Crippen molar-refractivity contribution in [2.24, 2.45) is 0 Å². The number of hydrogen-bond acceptors (Lipinski definition) is 5. The van der Waals surface area contributed by atoms with E-state index in [1.807, 2.05) is 11.8 Å². The first-order valence-corrected chi connectivity index (χ1v) is 7.62. The first kappa shape index (κ1) is 15.2. The van der Waals surface area contributed by atoms with Crippen molar-refractivity contribution < 1.29 is 0 Å². The van der Waals surface area contributed by atoms with Crippen molar-refractivity contribution in [3.8, 4) is 0 Å². The van der Waals surface area contributed by atoms with Crippen LogP contribution in [0.3, 0.4) is 0 Å². The maximum absolute atomic E-state index is 4.36. The number of thioether (sulfide) groups is 1. The van der Waals surface area contributed by atoms with Crippen molar-refractivity contribution in [1.82, 2.24) is 14.9 Å². The van der Waals surface area contributed by atoms with Crippen molar-refractivity contribution >= 4 is 17.6 Å². The third-order valence-corrected chi connectivity index (χ3v) is 3.99. The van der Waals surface area contributed by atoms with E-state index >= 15 is 0 Å². The number of anilines is 1. The van der Waals surface area contributed by atoms with Gasteiger partial charge in [0, 0.05) is 24.4 Å². The van der Waals surface area contributed by atoms with Crippen LogP contribution in [-0.4, -0.2) is 46.8 Å². The largest absolute Gasteiger partial charge is 0.370 e. The van der Waals surface area contributed by atoms with Crippen LogP contribution in [0, 0.1) is 6.92 Å². The van der Waals surface area contributed by atoms with E-state index in [1.54, 1.807) is 6.33 Å². The number of nitrogens with one attached hydrogen (secondary N) is 1. The van der Waals surface area contributed by atoms with E-state index in [1.165, 1.54) is 0 Å². The molecule has 0 bridgehead atoms. The molecular formula is C13H24N4S. The van der Waals surface area contributed by atoms with Gasteiger partial charge in [-0.1, -0.05) is 13.8 Å². The number of hydrogen-bond donors (Lipinski definition) is 1. The minimum atomic E-state index is 0.890. The molecule has 0 radical (unpaired) electrons. The summed E-state index contributed by atoms with van der Waals surface area (Å²) >= 11 is 1.81. The molecule has 1 rings (SSSR count). The fraction of sp³-hybridized carbons (Fsp3) is 0.692. The molecule has 0 aliphatic rings. The Morgan fingerprint density at radius 3 is 2.56 bits per heavy atom. The monoisotopic (exact) mass is 268 g/mol. The summed E-state index contributed by atoms with van der Waals surface area (Å²) in [6.07, 6.45) is 1.64. The Morgan fingerprint density at radius 2 is 1.94 bits per heavy atom. The van der Waals surface area contributed by atoms with Crippen LogP contribution in [0.4, 0.5) is 5.82 Å². The molecule has 4 nitrogen and oxygen atoms in total. The molecule has 1 N–H and O–H groups in total. The highest BCUT2D eigenvalue weighted by Gasteiger charge is 2.07. The van der Waals surface area contributed by atoms with E-state index in [2.05, 4.69) is 47.9 Å². The lowest BCUT2D eigenvalue weighted by molar-refractivity contribution is 0.324. The van der Waals surface area contributed by atoms with Gasteiger partial charge in [0.25, 0.3) is 0 Å². The Balaban J connectivity index is 2.54. The molecule has 0 aromatic carbocycles. The van der Waals surface area contributed by atoms with E-state index in [9.17, 15) is 0 Å². The molecule has 1 aromatic rings. The van der Waals surface area contributed by atoms with Gasteiger partial charge >= 0.3 is 0 Å². The highest BCUT2D eigenvalue weighted by atomic mass is 32.2. The second-order valence-electron chi connectivity index (χ2n) is 4.06. The van der Waals surface area contributed by atoms with Crippen LogP contribution >= 0.6 is 11.8 Å². The summed E-state index contributed by atoms with van der Waals surface area (Å²) in [5.41, 5.74) is 1.16. The molecule has 0 fully saturated rings. The fourth-order valence-electron chi connectivity index (χ4n) is 1.74. The van der Waals surface area contributed by atoms with Crippen LogP contribution in [0.25, 0.3) is 0 Å². The Morgan fingerprint density at radius 1 is 1.22 bits per heavy atom. The lowest BCUT2D eigenvalue weighted by Gasteiger charge is -2.17. The Labute approximate surface area is 115 Å². The van der Waals surface area contributed by atoms with E-state index in [0.717, 1.165) is 48.3 Å². The zero-order valence-electron chi connectivity index (χ0n) is 11.9. The molecule has 0 spiro atoms. The minimum absolute atomic E-state index is 0.890. The summed E-state index contributed by atoms with van der Waals surface area (Å²) in [4.78, 5) is 11.0. The molecule has 0 saturated heterocycles. The van der Waals surface area contributed by atoms with Crippen LogP contribution in [0.1, 0.15) is 26.3 Å². The Kier molecular flexibility index (Phi) is 7.05. The predicted octanol–water partition coefficient (Wildman–Crippen LogP) is 2.65. The van der Waals surface area contributed by atoms with E-state index in [4.69, 9.17) is 0 Å². The van der Waals surface area contributed by atoms with Crippen molar-refractivity contribution in [3.05, 3.63) is 11.9 Å². The minimum Gasteiger partial charge on any atom is -0.370 e. The van der Waals surface area contributed by atoms with Gasteiger partial charge in [0.1, 0.15) is 17.2 Å². The number of rotatable bonds is 8. The number of aromatic nitrogens is 2. The van der Waals surface area contributed by atoms with Gasteiger partial charge in [-0.3, -0.25) is 0 Å². The van der Waals surface area contributed by atoms with Crippen LogP contribution < -0.4 is 5.32 Å². The summed E-state index contributed by atoms with van der Waals surface area (Å²) in [6, 6.07) is 0. The van der Waals surface area contributed by atoms with Gasteiger partial charge in [-0.25, -0.2) is 9.97 Å². The molecule has 1 heterocycles. The van der Waals surface area contributed by atoms with E-state index in [-0.39, 0.29) is 0 Å². The Hall–Kier alpha value is -0.810. The van der Waals surface area contributed by atoms with Crippen molar-refractivity contribution in [3.63, 3.8) is 0 Å². The molecule has 0 aliphatic heterocycles. The summed E-state index contributed by atoms with van der Waals surface area (Å²) in [7, 11) is 0. The smallest absolute Gasteiger partial charge is 0.133 e. The molecular weight excluding hydrogens is 244 g/mol. The van der Waals surface area contributed by atoms with Crippen molar-refractivity contribution in [2.45, 2.75) is 32.7 Å². The summed E-state index contributed by atoms with van der Waals surface area (Å²) < 4.78 is 0. The molecule has 0 amide bonds. The van der Waals surface area contributed by atoms with Gasteiger partial charge in [-0.2, -0.15) is 0 Å². The third kappa shape index (κ3) is 4.46. The van der Waals surface area contributed by atoms with Crippen LogP contribution in [0.2, 0.25) is 0 Å². The molecule has 1 aromatic heterocycles. The fourth-order valence-corrected chi connectivity index (χ4v) is 2.71. The predicted molar refractivity (Wildman–Crippen MR) is 79.4 cm³/mol. The zero-order chi connectivity index (χ0) is 13.4. The quantitative estimate of drug-likeness (QED) is 0.580. The van der Waals surface area contributed by atoms with Crippen LogP contribution in [-0.2, 0) is 0 Å². The van der Waals surface area contributed by atoms with Gasteiger partial charge in [-0.05, 0) is 26.9 Å². The van der Waals surface area contributed by atoms with Crippen LogP contribution in [0.5, 0.6) is 0 Å². The molecule has 0 saturated carbocycles. The third-order valence-electron chi connectivity index (χ3n) is 2.92. The van der Waals surface area contributed by atoms with Gasteiger partial charge in [0.2, 0.25) is 0 Å². The maximum Gasteiger partial charge on any atom is 0.133 e. The number of nitrogens with zero attached hydrogens (tertiary/aromatic N) is 3. The van der Waals surface area contributed by atoms with E-state index < -0.39 is 0 Å². The van der Waals surface area contributed by atoms with Gasteiger partial charge in [-0.15, -0.1) is 11.8 Å². The highest BCUT2D eigenvalue weighted by molar-refractivity contribution is 7.99. The van der Waals surface area contributed by atoms with Crippen LogP contribution in [0.15, 0.2) is 11.4 Å². The molecule has 5 heteroatoms. The van der Waals surface area contributed by atoms with E-state index in [0.29, 0.717) is 0 Å². The lowest BCUT2D eigenvalue weighted by atomic mass is 10.3. The molecule has 0 unspecified atom stereocenters. The second kappa shape index (κ2) is 8.32. The normalized spacial score (nSPS) is 10.9. The average molecular weight is 268 g/mol. The topological polar surface area (TPSA) is 41.1 Å². The molecule has 0 atom stereocenters. The molecule has 102 valence electrons. The average Bonchev–Trinajstić information content (AvgIpc) is 2.39. The maximum atomic E-state index is 4.36. The summed E-state index contributed by atoms with van der Waals surface area (Å²) in [5.74, 6) is 2.03. The highest BCUT2D eigenvalue weighted by Crippen LogP contribution is 2.23. The lowest BCUT2D eigenvalue weighted by Crippen LogP contribution is -2.25. The van der Waals surface area contributed by atoms with Crippen molar-refractivity contribution in [2.75, 3.05) is 37.2 Å².